The topological polar surface area (TPSA) is 75.4 Å². The molecule has 1 aromatic carbocycles. The van der Waals surface area contributed by atoms with Crippen LogP contribution >= 0.6 is 0 Å². The second-order valence-corrected chi connectivity index (χ2v) is 4.67. The van der Waals surface area contributed by atoms with Gasteiger partial charge in [-0.3, -0.25) is 9.59 Å². The van der Waals surface area contributed by atoms with E-state index in [1.165, 1.54) is 11.1 Å². The van der Waals surface area contributed by atoms with Crippen LogP contribution in [0.1, 0.15) is 12.0 Å². The molecule has 5 heteroatoms. The smallest absolute Gasteiger partial charge is 0.242 e. The van der Waals surface area contributed by atoms with Gasteiger partial charge in [-0.25, -0.2) is 0 Å². The summed E-state index contributed by atoms with van der Waals surface area (Å²) in [4.78, 5) is 24.7. The van der Waals surface area contributed by atoms with Gasteiger partial charge in [-0.15, -0.1) is 0 Å². The van der Waals surface area contributed by atoms with Gasteiger partial charge in [-0.1, -0.05) is 36.4 Å². The molecule has 0 aliphatic carbocycles. The van der Waals surface area contributed by atoms with Gasteiger partial charge in [0.2, 0.25) is 11.8 Å². The maximum Gasteiger partial charge on any atom is 0.242 e. The fraction of sp³-hybridized carbons (Fsp3) is 0.333. The van der Waals surface area contributed by atoms with Gasteiger partial charge in [0.25, 0.3) is 0 Å². The van der Waals surface area contributed by atoms with Crippen LogP contribution in [0.15, 0.2) is 36.4 Å². The van der Waals surface area contributed by atoms with Crippen LogP contribution in [0.2, 0.25) is 0 Å². The molecule has 0 radical (unpaired) electrons. The van der Waals surface area contributed by atoms with E-state index in [0.29, 0.717) is 13.1 Å². The lowest BCUT2D eigenvalue weighted by atomic mass is 9.99. The summed E-state index contributed by atoms with van der Waals surface area (Å²) >= 11 is 0. The van der Waals surface area contributed by atoms with E-state index in [1.54, 1.807) is 4.90 Å². The fourth-order valence-electron chi connectivity index (χ4n) is 2.17. The summed E-state index contributed by atoms with van der Waals surface area (Å²) in [6, 6.07) is 10.2. The summed E-state index contributed by atoms with van der Waals surface area (Å²) in [5.74, 6) is -0.383. The first-order valence-electron chi connectivity index (χ1n) is 6.69. The average molecular weight is 273 g/mol. The van der Waals surface area contributed by atoms with Gasteiger partial charge in [0.15, 0.2) is 0 Å². The monoisotopic (exact) mass is 273 g/mol. The number of hydrogen-bond donors (Lipinski definition) is 2. The van der Waals surface area contributed by atoms with Gasteiger partial charge in [-0.05, 0) is 17.6 Å². The SMILES string of the molecule is NCC(=O)NCC(=O)N1CC=C(c2ccccc2)CC1. The number of amides is 2. The Morgan fingerprint density at radius 3 is 2.60 bits per heavy atom. The molecule has 2 rings (SSSR count). The summed E-state index contributed by atoms with van der Waals surface area (Å²) in [5.41, 5.74) is 7.64. The number of nitrogens with zero attached hydrogens (tertiary/aromatic N) is 1. The first-order chi connectivity index (χ1) is 9.70. The lowest BCUT2D eigenvalue weighted by molar-refractivity contribution is -0.132. The van der Waals surface area contributed by atoms with E-state index >= 15 is 0 Å². The summed E-state index contributed by atoms with van der Waals surface area (Å²) in [5, 5.41) is 2.50. The first kappa shape index (κ1) is 14.3. The lowest BCUT2D eigenvalue weighted by Crippen LogP contribution is -2.43. The van der Waals surface area contributed by atoms with Gasteiger partial charge in [-0.2, -0.15) is 0 Å². The molecular weight excluding hydrogens is 254 g/mol. The van der Waals surface area contributed by atoms with E-state index in [4.69, 9.17) is 5.73 Å². The van der Waals surface area contributed by atoms with Crippen molar-refractivity contribution in [2.24, 2.45) is 5.73 Å². The molecule has 0 unspecified atom stereocenters. The Hall–Kier alpha value is -2.14. The zero-order chi connectivity index (χ0) is 14.4. The Morgan fingerprint density at radius 2 is 2.00 bits per heavy atom. The van der Waals surface area contributed by atoms with Crippen LogP contribution in [0.4, 0.5) is 0 Å². The third kappa shape index (κ3) is 3.68. The van der Waals surface area contributed by atoms with E-state index in [1.807, 2.05) is 18.2 Å². The molecule has 0 bridgehead atoms. The zero-order valence-electron chi connectivity index (χ0n) is 11.3. The van der Waals surface area contributed by atoms with Crippen LogP contribution < -0.4 is 11.1 Å². The molecule has 106 valence electrons. The second-order valence-electron chi connectivity index (χ2n) is 4.67. The summed E-state index contributed by atoms with van der Waals surface area (Å²) in [6.45, 7) is 1.19. The highest BCUT2D eigenvalue weighted by molar-refractivity contribution is 5.86. The van der Waals surface area contributed by atoms with E-state index < -0.39 is 0 Å². The molecule has 0 fully saturated rings. The molecule has 3 N–H and O–H groups in total. The molecule has 5 nitrogen and oxygen atoms in total. The Kier molecular flexibility index (Phi) is 4.90. The number of benzene rings is 1. The minimum atomic E-state index is -0.309. The predicted molar refractivity (Wildman–Crippen MR) is 77.7 cm³/mol. The molecule has 1 aliphatic heterocycles. The Bertz CT molecular complexity index is 511. The average Bonchev–Trinajstić information content (AvgIpc) is 2.53. The molecule has 2 amide bonds. The van der Waals surface area contributed by atoms with E-state index in [9.17, 15) is 9.59 Å². The summed E-state index contributed by atoms with van der Waals surface area (Å²) < 4.78 is 0. The Morgan fingerprint density at radius 1 is 1.25 bits per heavy atom. The summed E-state index contributed by atoms with van der Waals surface area (Å²) in [6.07, 6.45) is 2.90. The third-order valence-electron chi connectivity index (χ3n) is 3.33. The van der Waals surface area contributed by atoms with E-state index in [-0.39, 0.29) is 24.9 Å². The zero-order valence-corrected chi connectivity index (χ0v) is 11.3. The largest absolute Gasteiger partial charge is 0.346 e. The van der Waals surface area contributed by atoms with Crippen molar-refractivity contribution in [2.45, 2.75) is 6.42 Å². The number of nitrogens with two attached hydrogens (primary N) is 1. The van der Waals surface area contributed by atoms with Gasteiger partial charge >= 0.3 is 0 Å². The van der Waals surface area contributed by atoms with Gasteiger partial charge in [0.1, 0.15) is 0 Å². The molecule has 0 saturated heterocycles. The summed E-state index contributed by atoms with van der Waals surface area (Å²) in [7, 11) is 0. The highest BCUT2D eigenvalue weighted by Crippen LogP contribution is 2.21. The number of nitrogens with one attached hydrogen (secondary N) is 1. The van der Waals surface area contributed by atoms with Gasteiger partial charge in [0.05, 0.1) is 13.1 Å². The second kappa shape index (κ2) is 6.86. The molecule has 1 heterocycles. The number of carbonyl (C=O) groups is 2. The fourth-order valence-corrected chi connectivity index (χ4v) is 2.17. The lowest BCUT2D eigenvalue weighted by Gasteiger charge is -2.26. The van der Waals surface area contributed by atoms with Crippen LogP contribution in [0.25, 0.3) is 5.57 Å². The predicted octanol–water partition coefficient (Wildman–Crippen LogP) is 0.377. The van der Waals surface area contributed by atoms with Crippen molar-refractivity contribution in [3.05, 3.63) is 42.0 Å². The van der Waals surface area contributed by atoms with Crippen molar-refractivity contribution in [3.63, 3.8) is 0 Å². The van der Waals surface area contributed by atoms with E-state index in [2.05, 4.69) is 23.5 Å². The van der Waals surface area contributed by atoms with Gasteiger partial charge < -0.3 is 16.0 Å². The molecule has 1 aromatic rings. The van der Waals surface area contributed by atoms with Crippen molar-refractivity contribution in [1.82, 2.24) is 10.2 Å². The molecule has 0 spiro atoms. The van der Waals surface area contributed by atoms with Crippen molar-refractivity contribution in [2.75, 3.05) is 26.2 Å². The van der Waals surface area contributed by atoms with Crippen molar-refractivity contribution < 1.29 is 9.59 Å². The molecule has 20 heavy (non-hydrogen) atoms. The maximum absolute atomic E-state index is 11.9. The number of carbonyl (C=O) groups excluding carboxylic acids is 2. The minimum absolute atomic E-state index is 0.0184. The number of hydrogen-bond acceptors (Lipinski definition) is 3. The Labute approximate surface area is 118 Å². The standard InChI is InChI=1S/C15H19N3O2/c16-10-14(19)17-11-15(20)18-8-6-13(7-9-18)12-4-2-1-3-5-12/h1-6H,7-11,16H2,(H,17,19). The highest BCUT2D eigenvalue weighted by Gasteiger charge is 2.17. The van der Waals surface area contributed by atoms with Crippen LogP contribution in [-0.4, -0.2) is 42.9 Å². The van der Waals surface area contributed by atoms with Crippen molar-refractivity contribution in [1.29, 1.82) is 0 Å². The molecule has 0 saturated carbocycles. The minimum Gasteiger partial charge on any atom is -0.346 e. The normalized spacial score (nSPS) is 14.7. The van der Waals surface area contributed by atoms with Crippen LogP contribution in [0.5, 0.6) is 0 Å². The third-order valence-corrected chi connectivity index (χ3v) is 3.33. The molecule has 0 aromatic heterocycles. The highest BCUT2D eigenvalue weighted by atomic mass is 16.2. The molecule has 0 atom stereocenters. The van der Waals surface area contributed by atoms with Gasteiger partial charge in [0, 0.05) is 13.1 Å². The molecular formula is C15H19N3O2. The van der Waals surface area contributed by atoms with Crippen molar-refractivity contribution >= 4 is 17.4 Å². The molecule has 1 aliphatic rings. The quantitative estimate of drug-likeness (QED) is 0.832. The van der Waals surface area contributed by atoms with E-state index in [0.717, 1.165) is 6.42 Å². The number of rotatable bonds is 4. The Balaban J connectivity index is 1.88. The van der Waals surface area contributed by atoms with Crippen LogP contribution in [0.3, 0.4) is 0 Å². The maximum atomic E-state index is 11.9. The van der Waals surface area contributed by atoms with Crippen molar-refractivity contribution in [3.8, 4) is 0 Å². The first-order valence-corrected chi connectivity index (χ1v) is 6.69. The van der Waals surface area contributed by atoms with Crippen LogP contribution in [-0.2, 0) is 9.59 Å². The van der Waals surface area contributed by atoms with Crippen LogP contribution in [0, 0.1) is 0 Å².